The molecule has 1 heterocycles. The topological polar surface area (TPSA) is 92.8 Å². The first-order valence-corrected chi connectivity index (χ1v) is 10.8. The Hall–Kier alpha value is -2.45. The van der Waals surface area contributed by atoms with Gasteiger partial charge in [0, 0.05) is 6.54 Å². The summed E-state index contributed by atoms with van der Waals surface area (Å²) in [5.74, 6) is -1.16. The molecule has 0 radical (unpaired) electrons. The van der Waals surface area contributed by atoms with E-state index in [2.05, 4.69) is 4.72 Å². The lowest BCUT2D eigenvalue weighted by Gasteiger charge is -2.24. The maximum Gasteiger partial charge on any atom is 0.325 e. The highest BCUT2D eigenvalue weighted by atomic mass is 32.2. The van der Waals surface area contributed by atoms with Crippen LogP contribution in [0, 0.1) is 0 Å². The molecule has 1 aliphatic carbocycles. The van der Waals surface area contributed by atoms with Crippen molar-refractivity contribution in [2.24, 2.45) is 0 Å². The number of methoxy groups -OCH3 is 1. The van der Waals surface area contributed by atoms with Crippen molar-refractivity contribution in [1.29, 1.82) is 0 Å². The zero-order valence-corrected chi connectivity index (χ0v) is 16.6. The van der Waals surface area contributed by atoms with Gasteiger partial charge in [-0.15, -0.1) is 0 Å². The van der Waals surface area contributed by atoms with Crippen LogP contribution in [0.3, 0.4) is 0 Å². The van der Waals surface area contributed by atoms with Crippen LogP contribution in [0.5, 0.6) is 0 Å². The van der Waals surface area contributed by atoms with Gasteiger partial charge in [0.25, 0.3) is 0 Å². The summed E-state index contributed by atoms with van der Waals surface area (Å²) in [4.78, 5) is 26.1. The van der Waals surface area contributed by atoms with Crippen LogP contribution in [0.25, 0.3) is 0 Å². The SMILES string of the molecule is COC(=O)CN1CC2=C(C=CCC2)C[C@H](NS(=O)(=O)Cc2ccccc2)C1=O. The van der Waals surface area contributed by atoms with Crippen molar-refractivity contribution in [3.63, 3.8) is 0 Å². The third-order valence-electron chi connectivity index (χ3n) is 4.87. The Morgan fingerprint density at radius 1 is 1.29 bits per heavy atom. The summed E-state index contributed by atoms with van der Waals surface area (Å²) < 4.78 is 32.6. The quantitative estimate of drug-likeness (QED) is 0.726. The molecule has 8 heteroatoms. The van der Waals surface area contributed by atoms with Gasteiger partial charge in [-0.05, 0) is 36.0 Å². The van der Waals surface area contributed by atoms with Gasteiger partial charge in [-0.25, -0.2) is 13.1 Å². The van der Waals surface area contributed by atoms with E-state index in [0.29, 0.717) is 12.1 Å². The lowest BCUT2D eigenvalue weighted by molar-refractivity contribution is -0.147. The second-order valence-electron chi connectivity index (χ2n) is 6.96. The molecule has 0 spiro atoms. The van der Waals surface area contributed by atoms with Crippen molar-refractivity contribution in [3.05, 3.63) is 59.2 Å². The fourth-order valence-electron chi connectivity index (χ4n) is 3.49. The van der Waals surface area contributed by atoms with Gasteiger partial charge in [0.2, 0.25) is 15.9 Å². The molecule has 0 aromatic heterocycles. The molecule has 1 amide bonds. The molecule has 2 aliphatic rings. The smallest absolute Gasteiger partial charge is 0.325 e. The van der Waals surface area contributed by atoms with E-state index in [1.54, 1.807) is 24.3 Å². The van der Waals surface area contributed by atoms with Crippen LogP contribution in [-0.4, -0.2) is 51.4 Å². The first-order chi connectivity index (χ1) is 13.4. The minimum Gasteiger partial charge on any atom is -0.468 e. The summed E-state index contributed by atoms with van der Waals surface area (Å²) in [6.45, 7) is 0.108. The molecule has 1 aromatic carbocycles. The van der Waals surface area contributed by atoms with E-state index in [9.17, 15) is 18.0 Å². The Morgan fingerprint density at radius 2 is 2.04 bits per heavy atom. The molecular formula is C20H24N2O5S. The highest BCUT2D eigenvalue weighted by molar-refractivity contribution is 7.88. The number of nitrogens with one attached hydrogen (secondary N) is 1. The zero-order valence-electron chi connectivity index (χ0n) is 15.8. The zero-order chi connectivity index (χ0) is 20.1. The third-order valence-corrected chi connectivity index (χ3v) is 6.23. The van der Waals surface area contributed by atoms with Crippen molar-refractivity contribution < 1.29 is 22.7 Å². The summed E-state index contributed by atoms with van der Waals surface area (Å²) in [6.07, 6.45) is 5.90. The first-order valence-electron chi connectivity index (χ1n) is 9.15. The number of carbonyl (C=O) groups is 2. The van der Waals surface area contributed by atoms with Crippen molar-refractivity contribution in [2.45, 2.75) is 31.1 Å². The molecule has 0 fully saturated rings. The maximum atomic E-state index is 13.0. The lowest BCUT2D eigenvalue weighted by Crippen LogP contribution is -2.49. The number of amides is 1. The minimum atomic E-state index is -3.74. The van der Waals surface area contributed by atoms with Crippen LogP contribution in [0.15, 0.2) is 53.6 Å². The van der Waals surface area contributed by atoms with Gasteiger partial charge in [-0.1, -0.05) is 42.5 Å². The maximum absolute atomic E-state index is 13.0. The van der Waals surface area contributed by atoms with Crippen LogP contribution < -0.4 is 4.72 Å². The molecule has 1 atom stereocenters. The van der Waals surface area contributed by atoms with Crippen molar-refractivity contribution >= 4 is 21.9 Å². The average molecular weight is 404 g/mol. The second-order valence-corrected chi connectivity index (χ2v) is 8.71. The average Bonchev–Trinajstić information content (AvgIpc) is 2.79. The molecule has 1 N–H and O–H groups in total. The lowest BCUT2D eigenvalue weighted by atomic mass is 9.94. The Labute approximate surface area is 165 Å². The van der Waals surface area contributed by atoms with E-state index in [1.807, 2.05) is 18.2 Å². The molecule has 3 rings (SSSR count). The summed E-state index contributed by atoms with van der Waals surface area (Å²) in [6, 6.07) is 7.85. The predicted molar refractivity (Wildman–Crippen MR) is 105 cm³/mol. The van der Waals surface area contributed by atoms with Crippen molar-refractivity contribution in [3.8, 4) is 0 Å². The standard InChI is InChI=1S/C20H24N2O5S/c1-27-19(23)13-22-12-17-10-6-5-9-16(17)11-18(20(22)24)21-28(25,26)14-15-7-3-2-4-8-15/h2-5,7-9,18,21H,6,10-14H2,1H3/t18-/m0/s1. The number of allylic oxidation sites excluding steroid dienone is 2. The number of hydrogen-bond acceptors (Lipinski definition) is 5. The highest BCUT2D eigenvalue weighted by Gasteiger charge is 2.34. The summed E-state index contributed by atoms with van der Waals surface area (Å²) >= 11 is 0. The van der Waals surface area contributed by atoms with E-state index in [4.69, 9.17) is 4.74 Å². The minimum absolute atomic E-state index is 0.202. The second kappa shape index (κ2) is 8.70. The molecule has 0 saturated carbocycles. The number of hydrogen-bond donors (Lipinski definition) is 1. The van der Waals surface area contributed by atoms with Crippen LogP contribution in [-0.2, 0) is 30.1 Å². The summed E-state index contributed by atoms with van der Waals surface area (Å²) in [5, 5.41) is 0. The number of sulfonamides is 1. The Balaban J connectivity index is 1.83. The number of esters is 1. The summed E-state index contributed by atoms with van der Waals surface area (Å²) in [7, 11) is -2.48. The van der Waals surface area contributed by atoms with Gasteiger partial charge in [0.05, 0.1) is 12.9 Å². The van der Waals surface area contributed by atoms with Crippen molar-refractivity contribution in [1.82, 2.24) is 9.62 Å². The number of ether oxygens (including phenoxy) is 1. The van der Waals surface area contributed by atoms with Crippen LogP contribution in [0.4, 0.5) is 0 Å². The fourth-order valence-corrected chi connectivity index (χ4v) is 4.82. The van der Waals surface area contributed by atoms with Gasteiger partial charge in [-0.3, -0.25) is 9.59 Å². The van der Waals surface area contributed by atoms with Gasteiger partial charge < -0.3 is 9.64 Å². The van der Waals surface area contributed by atoms with E-state index in [0.717, 1.165) is 24.0 Å². The molecular weight excluding hydrogens is 380 g/mol. The number of rotatable bonds is 6. The third kappa shape index (κ3) is 5.08. The van der Waals surface area contributed by atoms with Crippen LogP contribution >= 0.6 is 0 Å². The van der Waals surface area contributed by atoms with Gasteiger partial charge in [-0.2, -0.15) is 0 Å². The Morgan fingerprint density at radius 3 is 2.75 bits per heavy atom. The molecule has 0 bridgehead atoms. The normalized spacial score (nSPS) is 20.0. The van der Waals surface area contributed by atoms with Crippen molar-refractivity contribution in [2.75, 3.05) is 20.2 Å². The molecule has 0 saturated heterocycles. The van der Waals surface area contributed by atoms with Crippen LogP contribution in [0.1, 0.15) is 24.8 Å². The first kappa shape index (κ1) is 20.3. The van der Waals surface area contributed by atoms with Gasteiger partial charge in [0.15, 0.2) is 0 Å². The monoisotopic (exact) mass is 404 g/mol. The van der Waals surface area contributed by atoms with Crippen LogP contribution in [0.2, 0.25) is 0 Å². The van der Waals surface area contributed by atoms with E-state index in [-0.39, 0.29) is 18.7 Å². The summed E-state index contributed by atoms with van der Waals surface area (Å²) in [5.41, 5.74) is 2.66. The molecule has 28 heavy (non-hydrogen) atoms. The van der Waals surface area contributed by atoms with E-state index >= 15 is 0 Å². The molecule has 7 nitrogen and oxygen atoms in total. The highest BCUT2D eigenvalue weighted by Crippen LogP contribution is 2.27. The Kier molecular flexibility index (Phi) is 6.31. The Bertz CT molecular complexity index is 906. The molecule has 0 unspecified atom stereocenters. The number of nitrogens with zero attached hydrogens (tertiary/aromatic N) is 1. The molecule has 1 aliphatic heterocycles. The van der Waals surface area contributed by atoms with E-state index < -0.39 is 27.9 Å². The number of benzene rings is 1. The predicted octanol–water partition coefficient (Wildman–Crippen LogP) is 1.53. The molecule has 1 aromatic rings. The van der Waals surface area contributed by atoms with Gasteiger partial charge >= 0.3 is 5.97 Å². The fraction of sp³-hybridized carbons (Fsp3) is 0.400. The van der Waals surface area contributed by atoms with E-state index in [1.165, 1.54) is 12.0 Å². The number of carbonyl (C=O) groups excluding carboxylic acids is 2. The van der Waals surface area contributed by atoms with Gasteiger partial charge in [0.1, 0.15) is 12.6 Å². The largest absolute Gasteiger partial charge is 0.468 e. The molecule has 150 valence electrons.